The number of carboxylic acids is 1. The minimum atomic E-state index is -0.942. The molecule has 6 nitrogen and oxygen atoms in total. The van der Waals surface area contributed by atoms with Crippen LogP contribution >= 0.6 is 0 Å². The van der Waals surface area contributed by atoms with Crippen LogP contribution in [0.25, 0.3) is 0 Å². The summed E-state index contributed by atoms with van der Waals surface area (Å²) in [7, 11) is 1.61. The zero-order valence-corrected chi connectivity index (χ0v) is 9.81. The third-order valence-corrected chi connectivity index (χ3v) is 3.40. The van der Waals surface area contributed by atoms with E-state index in [-0.39, 0.29) is 24.0 Å². The van der Waals surface area contributed by atoms with E-state index in [1.807, 2.05) is 0 Å². The molecule has 1 saturated heterocycles. The molecule has 0 radical (unpaired) electrons. The maximum absolute atomic E-state index is 11.9. The van der Waals surface area contributed by atoms with Crippen LogP contribution in [-0.2, 0) is 14.3 Å². The van der Waals surface area contributed by atoms with Crippen LogP contribution in [-0.4, -0.2) is 48.8 Å². The van der Waals surface area contributed by atoms with Gasteiger partial charge in [0.05, 0.1) is 12.1 Å². The number of amides is 1. The number of carbonyl (C=O) groups is 2. The van der Waals surface area contributed by atoms with E-state index in [1.54, 1.807) is 7.11 Å². The van der Waals surface area contributed by atoms with Gasteiger partial charge in [-0.25, -0.2) is 4.79 Å². The predicted octanol–water partition coefficient (Wildman–Crippen LogP) is -0.657. The number of carbonyl (C=O) groups excluding carboxylic acids is 1. The summed E-state index contributed by atoms with van der Waals surface area (Å²) in [4.78, 5) is 22.9. The van der Waals surface area contributed by atoms with E-state index in [0.717, 1.165) is 12.8 Å². The molecular weight excluding hydrogens is 224 g/mol. The van der Waals surface area contributed by atoms with Gasteiger partial charge in [-0.15, -0.1) is 0 Å². The molecule has 2 aliphatic rings. The molecule has 17 heavy (non-hydrogen) atoms. The summed E-state index contributed by atoms with van der Waals surface area (Å²) in [5.41, 5.74) is 0. The van der Waals surface area contributed by atoms with E-state index in [0.29, 0.717) is 13.0 Å². The van der Waals surface area contributed by atoms with Gasteiger partial charge in [-0.3, -0.25) is 4.79 Å². The number of hydrogen-bond acceptors (Lipinski definition) is 4. The van der Waals surface area contributed by atoms with Crippen molar-refractivity contribution in [3.8, 4) is 0 Å². The molecule has 0 bridgehead atoms. The molecule has 1 amide bonds. The molecule has 0 spiro atoms. The zero-order valence-electron chi connectivity index (χ0n) is 9.81. The predicted molar refractivity (Wildman–Crippen MR) is 59.5 cm³/mol. The fourth-order valence-corrected chi connectivity index (χ4v) is 2.15. The molecule has 1 saturated carbocycles. The standard InChI is InChI=1S/C11H18N2O4/c1-17-7-4-8(12-5-7)10(14)13-9(11(15)16)6-2-3-6/h6-9,12H,2-5H2,1H3,(H,13,14)(H,15,16). The normalized spacial score (nSPS) is 29.9. The van der Waals surface area contributed by atoms with Crippen molar-refractivity contribution in [2.75, 3.05) is 13.7 Å². The molecule has 3 atom stereocenters. The number of hydrogen-bond donors (Lipinski definition) is 3. The summed E-state index contributed by atoms with van der Waals surface area (Å²) in [6.45, 7) is 0.635. The minimum Gasteiger partial charge on any atom is -0.480 e. The van der Waals surface area contributed by atoms with Gasteiger partial charge in [0.25, 0.3) is 0 Å². The summed E-state index contributed by atoms with van der Waals surface area (Å²) in [6.07, 6.45) is 2.40. The Bertz CT molecular complexity index is 317. The molecule has 2 rings (SSSR count). The van der Waals surface area contributed by atoms with Gasteiger partial charge in [0.1, 0.15) is 6.04 Å². The first-order valence-electron chi connectivity index (χ1n) is 5.91. The second kappa shape index (κ2) is 5.01. The van der Waals surface area contributed by atoms with E-state index in [4.69, 9.17) is 9.84 Å². The van der Waals surface area contributed by atoms with Gasteiger partial charge in [-0.1, -0.05) is 0 Å². The number of rotatable bonds is 5. The van der Waals surface area contributed by atoms with Gasteiger partial charge >= 0.3 is 5.97 Å². The topological polar surface area (TPSA) is 87.7 Å². The minimum absolute atomic E-state index is 0.0370. The Morgan fingerprint density at radius 3 is 2.65 bits per heavy atom. The molecule has 3 N–H and O–H groups in total. The Labute approximate surface area is 99.7 Å². The molecular formula is C11H18N2O4. The highest BCUT2D eigenvalue weighted by atomic mass is 16.5. The quantitative estimate of drug-likeness (QED) is 0.596. The Balaban J connectivity index is 1.85. The van der Waals surface area contributed by atoms with Crippen molar-refractivity contribution in [1.82, 2.24) is 10.6 Å². The molecule has 1 aliphatic heterocycles. The number of aliphatic carboxylic acids is 1. The smallest absolute Gasteiger partial charge is 0.326 e. The van der Waals surface area contributed by atoms with Crippen LogP contribution in [0.5, 0.6) is 0 Å². The van der Waals surface area contributed by atoms with E-state index >= 15 is 0 Å². The average molecular weight is 242 g/mol. The van der Waals surface area contributed by atoms with Crippen molar-refractivity contribution in [3.63, 3.8) is 0 Å². The number of carboxylic acid groups (broad SMARTS) is 1. The van der Waals surface area contributed by atoms with Crippen LogP contribution < -0.4 is 10.6 Å². The van der Waals surface area contributed by atoms with Crippen LogP contribution in [0.2, 0.25) is 0 Å². The Hall–Kier alpha value is -1.14. The monoisotopic (exact) mass is 242 g/mol. The van der Waals surface area contributed by atoms with Crippen LogP contribution in [0.4, 0.5) is 0 Å². The zero-order chi connectivity index (χ0) is 12.4. The van der Waals surface area contributed by atoms with E-state index < -0.39 is 12.0 Å². The summed E-state index contributed by atoms with van der Waals surface area (Å²) in [5, 5.41) is 14.7. The molecule has 1 aliphatic carbocycles. The van der Waals surface area contributed by atoms with Gasteiger partial charge in [-0.2, -0.15) is 0 Å². The van der Waals surface area contributed by atoms with E-state index in [1.165, 1.54) is 0 Å². The van der Waals surface area contributed by atoms with E-state index in [9.17, 15) is 9.59 Å². The molecule has 0 aromatic rings. The lowest BCUT2D eigenvalue weighted by Gasteiger charge is -2.17. The maximum Gasteiger partial charge on any atom is 0.326 e. The molecule has 1 heterocycles. The number of nitrogens with one attached hydrogen (secondary N) is 2. The third kappa shape index (κ3) is 2.95. The second-order valence-electron chi connectivity index (χ2n) is 4.72. The Kier molecular flexibility index (Phi) is 3.63. The molecule has 2 fully saturated rings. The van der Waals surface area contributed by atoms with Crippen molar-refractivity contribution in [2.24, 2.45) is 5.92 Å². The summed E-state index contributed by atoms with van der Waals surface area (Å²) >= 11 is 0. The molecule has 3 unspecified atom stereocenters. The first-order chi connectivity index (χ1) is 8.11. The Morgan fingerprint density at radius 2 is 2.18 bits per heavy atom. The summed E-state index contributed by atoms with van der Waals surface area (Å²) in [6, 6.07) is -1.06. The SMILES string of the molecule is COC1CNC(C(=O)NC(C(=O)O)C2CC2)C1. The highest BCUT2D eigenvalue weighted by Crippen LogP contribution is 2.32. The van der Waals surface area contributed by atoms with Gasteiger partial charge in [0.15, 0.2) is 0 Å². The molecule has 96 valence electrons. The van der Waals surface area contributed by atoms with Crippen LogP contribution in [0.15, 0.2) is 0 Å². The van der Waals surface area contributed by atoms with Crippen molar-refractivity contribution in [3.05, 3.63) is 0 Å². The molecule has 6 heteroatoms. The largest absolute Gasteiger partial charge is 0.480 e. The van der Waals surface area contributed by atoms with Crippen molar-refractivity contribution in [1.29, 1.82) is 0 Å². The molecule has 0 aromatic carbocycles. The van der Waals surface area contributed by atoms with Gasteiger partial charge in [0, 0.05) is 13.7 Å². The first kappa shape index (κ1) is 12.3. The van der Waals surface area contributed by atoms with Crippen LogP contribution in [0, 0.1) is 5.92 Å². The van der Waals surface area contributed by atoms with Gasteiger partial charge < -0.3 is 20.5 Å². The first-order valence-corrected chi connectivity index (χ1v) is 5.91. The fraction of sp³-hybridized carbons (Fsp3) is 0.818. The maximum atomic E-state index is 11.9. The lowest BCUT2D eigenvalue weighted by molar-refractivity contribution is -0.142. The van der Waals surface area contributed by atoms with Crippen molar-refractivity contribution in [2.45, 2.75) is 37.5 Å². The highest BCUT2D eigenvalue weighted by Gasteiger charge is 2.39. The summed E-state index contributed by atoms with van der Waals surface area (Å²) in [5.74, 6) is -1.07. The van der Waals surface area contributed by atoms with Crippen molar-refractivity contribution < 1.29 is 19.4 Å². The number of methoxy groups -OCH3 is 1. The van der Waals surface area contributed by atoms with E-state index in [2.05, 4.69) is 10.6 Å². The molecule has 0 aromatic heterocycles. The summed E-state index contributed by atoms with van der Waals surface area (Å²) < 4.78 is 5.14. The highest BCUT2D eigenvalue weighted by molar-refractivity contribution is 5.87. The Morgan fingerprint density at radius 1 is 1.47 bits per heavy atom. The average Bonchev–Trinajstić information content (AvgIpc) is 3.01. The van der Waals surface area contributed by atoms with Gasteiger partial charge in [0.2, 0.25) is 5.91 Å². The lowest BCUT2D eigenvalue weighted by Crippen LogP contribution is -2.49. The van der Waals surface area contributed by atoms with Crippen LogP contribution in [0.1, 0.15) is 19.3 Å². The number of ether oxygens (including phenoxy) is 1. The second-order valence-corrected chi connectivity index (χ2v) is 4.72. The fourth-order valence-electron chi connectivity index (χ4n) is 2.15. The van der Waals surface area contributed by atoms with Gasteiger partial charge in [-0.05, 0) is 25.2 Å². The third-order valence-electron chi connectivity index (χ3n) is 3.40. The van der Waals surface area contributed by atoms with Crippen LogP contribution in [0.3, 0.4) is 0 Å². The van der Waals surface area contributed by atoms with Crippen molar-refractivity contribution >= 4 is 11.9 Å². The lowest BCUT2D eigenvalue weighted by atomic mass is 10.1.